The highest BCUT2D eigenvalue weighted by atomic mass is 35.5. The number of methoxy groups -OCH3 is 1. The molecule has 2 rings (SSSR count). The topological polar surface area (TPSA) is 98.7 Å². The van der Waals surface area contributed by atoms with E-state index < -0.39 is 23.4 Å². The van der Waals surface area contributed by atoms with E-state index in [1.807, 2.05) is 30.3 Å². The summed E-state index contributed by atoms with van der Waals surface area (Å²) in [7, 11) is 1.56. The highest BCUT2D eigenvalue weighted by Crippen LogP contribution is 2.27. The van der Waals surface area contributed by atoms with Gasteiger partial charge in [-0.1, -0.05) is 47.5 Å². The van der Waals surface area contributed by atoms with Gasteiger partial charge in [-0.2, -0.15) is 0 Å². The molecule has 0 saturated carbocycles. The van der Waals surface area contributed by atoms with Crippen molar-refractivity contribution >= 4 is 41.3 Å². The molecule has 2 amide bonds. The molecule has 0 unspecified atom stereocenters. The number of hydrogen-bond acceptors (Lipinski definition) is 6. The van der Waals surface area contributed by atoms with Crippen molar-refractivity contribution in [3.63, 3.8) is 0 Å². The van der Waals surface area contributed by atoms with Crippen LogP contribution in [-0.2, 0) is 27.4 Å². The summed E-state index contributed by atoms with van der Waals surface area (Å²) < 4.78 is 21.9. The number of amides is 2. The van der Waals surface area contributed by atoms with Crippen molar-refractivity contribution < 1.29 is 28.5 Å². The van der Waals surface area contributed by atoms with E-state index in [4.69, 9.17) is 42.1 Å². The summed E-state index contributed by atoms with van der Waals surface area (Å²) in [6.45, 7) is 11.5. The van der Waals surface area contributed by atoms with Gasteiger partial charge in [0.2, 0.25) is 5.96 Å². The molecule has 0 bridgehead atoms. The highest BCUT2D eigenvalue weighted by molar-refractivity contribution is 6.42. The Kier molecular flexibility index (Phi) is 11.9. The molecule has 0 aliphatic rings. The Balaban J connectivity index is 2.31. The van der Waals surface area contributed by atoms with Gasteiger partial charge in [-0.15, -0.1) is 4.99 Å². The van der Waals surface area contributed by atoms with E-state index in [0.717, 1.165) is 11.1 Å². The van der Waals surface area contributed by atoms with E-state index >= 15 is 0 Å². The summed E-state index contributed by atoms with van der Waals surface area (Å²) in [6, 6.07) is 12.7. The van der Waals surface area contributed by atoms with E-state index in [9.17, 15) is 9.59 Å². The third-order valence-electron chi connectivity index (χ3n) is 4.77. The minimum atomic E-state index is -0.855. The number of carbonyl (C=O) groups is 2. The Morgan fingerprint density at radius 2 is 1.64 bits per heavy atom. The normalized spacial score (nSPS) is 12.1. The van der Waals surface area contributed by atoms with Crippen molar-refractivity contribution in [1.29, 1.82) is 0 Å². The molecule has 214 valence electrons. The van der Waals surface area contributed by atoms with E-state index in [0.29, 0.717) is 28.9 Å². The van der Waals surface area contributed by atoms with Gasteiger partial charge >= 0.3 is 12.2 Å². The smallest absolute Gasteiger partial charge is 0.437 e. The zero-order valence-electron chi connectivity index (χ0n) is 23.5. The SMILES string of the molecule is COCCN(Cc1cccc(OCc2cccc(Cl)c2Cl)c1)C(=NC(=O)OC(C)(C)C)NC(=O)OC(C)(C)C. The van der Waals surface area contributed by atoms with Crippen LogP contribution in [0.4, 0.5) is 9.59 Å². The molecule has 0 aliphatic carbocycles. The molecule has 0 heterocycles. The van der Waals surface area contributed by atoms with Crippen LogP contribution in [0.1, 0.15) is 52.7 Å². The molecule has 0 spiro atoms. The summed E-state index contributed by atoms with van der Waals surface area (Å²) >= 11 is 12.4. The predicted molar refractivity (Wildman–Crippen MR) is 153 cm³/mol. The second-order valence-corrected chi connectivity index (χ2v) is 11.4. The number of guanidine groups is 1. The average molecular weight is 583 g/mol. The number of carbonyl (C=O) groups excluding carboxylic acids is 2. The van der Waals surface area contributed by atoms with Gasteiger partial charge in [0, 0.05) is 25.8 Å². The van der Waals surface area contributed by atoms with Gasteiger partial charge in [-0.3, -0.25) is 5.32 Å². The maximum absolute atomic E-state index is 12.6. The Hall–Kier alpha value is -3.01. The van der Waals surface area contributed by atoms with Crippen LogP contribution in [0.15, 0.2) is 47.5 Å². The fourth-order valence-electron chi connectivity index (χ4n) is 3.18. The first-order valence-corrected chi connectivity index (χ1v) is 13.1. The maximum atomic E-state index is 12.6. The number of halogens is 2. The Morgan fingerprint density at radius 1 is 0.974 bits per heavy atom. The lowest BCUT2D eigenvalue weighted by atomic mass is 10.2. The molecule has 0 aromatic heterocycles. The second-order valence-electron chi connectivity index (χ2n) is 10.6. The molecule has 0 aliphatic heterocycles. The van der Waals surface area contributed by atoms with Crippen LogP contribution in [0.3, 0.4) is 0 Å². The minimum absolute atomic E-state index is 0.0346. The Morgan fingerprint density at radius 3 is 2.28 bits per heavy atom. The van der Waals surface area contributed by atoms with Gasteiger partial charge in [0.05, 0.1) is 16.7 Å². The van der Waals surface area contributed by atoms with Crippen LogP contribution < -0.4 is 10.1 Å². The van der Waals surface area contributed by atoms with E-state index in [1.54, 1.807) is 65.7 Å². The van der Waals surface area contributed by atoms with Crippen molar-refractivity contribution in [2.75, 3.05) is 20.3 Å². The van der Waals surface area contributed by atoms with Gasteiger partial charge in [0.15, 0.2) is 0 Å². The van der Waals surface area contributed by atoms with Crippen LogP contribution in [0.2, 0.25) is 10.0 Å². The first kappa shape index (κ1) is 32.2. The number of nitrogens with zero attached hydrogens (tertiary/aromatic N) is 2. The highest BCUT2D eigenvalue weighted by Gasteiger charge is 2.23. The van der Waals surface area contributed by atoms with Crippen LogP contribution >= 0.6 is 23.2 Å². The first-order valence-electron chi connectivity index (χ1n) is 12.4. The maximum Gasteiger partial charge on any atom is 0.437 e. The number of aliphatic imine (C=N–C) groups is 1. The fraction of sp³-hybridized carbons (Fsp3) is 0.464. The van der Waals surface area contributed by atoms with E-state index in [-0.39, 0.29) is 19.1 Å². The molecule has 9 nitrogen and oxygen atoms in total. The lowest BCUT2D eigenvalue weighted by molar-refractivity contribution is 0.0551. The van der Waals surface area contributed by atoms with Crippen molar-refractivity contribution in [1.82, 2.24) is 10.2 Å². The number of ether oxygens (including phenoxy) is 4. The zero-order valence-corrected chi connectivity index (χ0v) is 25.0. The molecule has 0 atom stereocenters. The largest absolute Gasteiger partial charge is 0.489 e. The quantitative estimate of drug-likeness (QED) is 0.269. The summed E-state index contributed by atoms with van der Waals surface area (Å²) in [4.78, 5) is 31.0. The number of hydrogen-bond donors (Lipinski definition) is 1. The number of nitrogens with one attached hydrogen (secondary N) is 1. The molecular formula is C28H37Cl2N3O6. The van der Waals surface area contributed by atoms with Crippen molar-refractivity contribution in [3.8, 4) is 5.75 Å². The van der Waals surface area contributed by atoms with Gasteiger partial charge in [0.1, 0.15) is 23.6 Å². The molecule has 2 aromatic rings. The van der Waals surface area contributed by atoms with Crippen molar-refractivity contribution in [2.45, 2.75) is 65.9 Å². The van der Waals surface area contributed by atoms with Gasteiger partial charge in [0.25, 0.3) is 0 Å². The van der Waals surface area contributed by atoms with Gasteiger partial charge in [-0.25, -0.2) is 9.59 Å². The number of benzene rings is 2. The summed E-state index contributed by atoms with van der Waals surface area (Å²) in [5, 5.41) is 3.49. The zero-order chi connectivity index (χ0) is 29.2. The van der Waals surface area contributed by atoms with Crippen molar-refractivity contribution in [3.05, 3.63) is 63.6 Å². The minimum Gasteiger partial charge on any atom is -0.489 e. The summed E-state index contributed by atoms with van der Waals surface area (Å²) in [5.41, 5.74) is 0.0519. The van der Waals surface area contributed by atoms with E-state index in [2.05, 4.69) is 10.3 Å². The molecule has 0 fully saturated rings. The third kappa shape index (κ3) is 12.1. The molecular weight excluding hydrogens is 545 g/mol. The van der Waals surface area contributed by atoms with Gasteiger partial charge < -0.3 is 23.8 Å². The standard InChI is InChI=1S/C28H37Cl2N3O6/c1-27(2,3)38-25(34)31-24(32-26(35)39-28(4,5)6)33(14-15-36-7)17-19-10-8-12-21(16-19)37-18-20-11-9-13-22(29)23(20)30/h8-13,16H,14-15,17-18H2,1-7H3,(H,31,32,34,35). The Bertz CT molecular complexity index is 1160. The monoisotopic (exact) mass is 581 g/mol. The molecule has 39 heavy (non-hydrogen) atoms. The Labute approximate surface area is 240 Å². The lowest BCUT2D eigenvalue weighted by Gasteiger charge is -2.28. The molecule has 0 saturated heterocycles. The number of alkyl carbamates (subject to hydrolysis) is 1. The predicted octanol–water partition coefficient (Wildman–Crippen LogP) is 6.84. The molecule has 1 N–H and O–H groups in total. The second kappa shape index (κ2) is 14.4. The van der Waals surface area contributed by atoms with Crippen LogP contribution in [0.5, 0.6) is 5.75 Å². The van der Waals surface area contributed by atoms with Crippen LogP contribution in [-0.4, -0.2) is 54.5 Å². The molecule has 0 radical (unpaired) electrons. The van der Waals surface area contributed by atoms with Crippen LogP contribution in [0, 0.1) is 0 Å². The van der Waals surface area contributed by atoms with Crippen molar-refractivity contribution in [2.24, 2.45) is 4.99 Å². The van der Waals surface area contributed by atoms with Crippen LogP contribution in [0.25, 0.3) is 0 Å². The third-order valence-corrected chi connectivity index (χ3v) is 5.62. The first-order chi connectivity index (χ1) is 18.2. The average Bonchev–Trinajstić information content (AvgIpc) is 2.80. The number of rotatable bonds is 8. The van der Waals surface area contributed by atoms with Gasteiger partial charge in [-0.05, 0) is 65.3 Å². The molecule has 11 heteroatoms. The lowest BCUT2D eigenvalue weighted by Crippen LogP contribution is -2.47. The fourth-order valence-corrected chi connectivity index (χ4v) is 3.55. The summed E-state index contributed by atoms with van der Waals surface area (Å²) in [5.74, 6) is 0.563. The molecule has 2 aromatic carbocycles. The summed E-state index contributed by atoms with van der Waals surface area (Å²) in [6.07, 6.45) is -1.62. The van der Waals surface area contributed by atoms with E-state index in [1.165, 1.54) is 0 Å².